The summed E-state index contributed by atoms with van der Waals surface area (Å²) in [7, 11) is 3.35. The SMILES string of the molecule is CCC(=C(C(=O)O)C(=O)c1cc(Cl)cnc1Cl)N(C)C. The van der Waals surface area contributed by atoms with Crippen LogP contribution in [0, 0.1) is 0 Å². The number of halogens is 2. The molecule has 0 fully saturated rings. The molecular weight excluding hydrogens is 303 g/mol. The van der Waals surface area contributed by atoms with Crippen LogP contribution in [-0.4, -0.2) is 40.8 Å². The van der Waals surface area contributed by atoms with Gasteiger partial charge in [-0.3, -0.25) is 4.79 Å². The third kappa shape index (κ3) is 3.49. The molecule has 0 amide bonds. The first-order valence-electron chi connectivity index (χ1n) is 5.79. The summed E-state index contributed by atoms with van der Waals surface area (Å²) in [5.74, 6) is -2.01. The van der Waals surface area contributed by atoms with Crippen molar-refractivity contribution >= 4 is 35.0 Å². The number of carbonyl (C=O) groups is 2. The number of ketones is 1. The van der Waals surface area contributed by atoms with Gasteiger partial charge in [-0.15, -0.1) is 0 Å². The Bertz CT molecular complexity index is 583. The van der Waals surface area contributed by atoms with Crippen molar-refractivity contribution in [2.45, 2.75) is 13.3 Å². The van der Waals surface area contributed by atoms with Crippen LogP contribution in [-0.2, 0) is 4.79 Å². The van der Waals surface area contributed by atoms with Crippen molar-refractivity contribution in [1.29, 1.82) is 0 Å². The number of Topliss-reactive ketones (excluding diaryl/α,β-unsaturated/α-hetero) is 1. The molecule has 0 saturated carbocycles. The first-order chi connectivity index (χ1) is 9.29. The van der Waals surface area contributed by atoms with Gasteiger partial charge in [0, 0.05) is 26.0 Å². The van der Waals surface area contributed by atoms with Crippen molar-refractivity contribution < 1.29 is 14.7 Å². The van der Waals surface area contributed by atoms with E-state index in [9.17, 15) is 14.7 Å². The zero-order valence-electron chi connectivity index (χ0n) is 11.3. The van der Waals surface area contributed by atoms with E-state index in [2.05, 4.69) is 4.98 Å². The van der Waals surface area contributed by atoms with Gasteiger partial charge >= 0.3 is 5.97 Å². The van der Waals surface area contributed by atoms with Crippen molar-refractivity contribution in [3.8, 4) is 0 Å². The van der Waals surface area contributed by atoms with Crippen LogP contribution in [0.2, 0.25) is 10.2 Å². The zero-order chi connectivity index (χ0) is 15.4. The maximum Gasteiger partial charge on any atom is 0.341 e. The Morgan fingerprint density at radius 2 is 1.95 bits per heavy atom. The van der Waals surface area contributed by atoms with E-state index in [1.54, 1.807) is 25.9 Å². The van der Waals surface area contributed by atoms with Gasteiger partial charge in [0.25, 0.3) is 0 Å². The van der Waals surface area contributed by atoms with Crippen molar-refractivity contribution in [2.75, 3.05) is 14.1 Å². The number of aliphatic carboxylic acids is 1. The van der Waals surface area contributed by atoms with Crippen molar-refractivity contribution in [3.05, 3.63) is 39.3 Å². The lowest BCUT2D eigenvalue weighted by atomic mass is 10.0. The summed E-state index contributed by atoms with van der Waals surface area (Å²) in [5, 5.41) is 9.45. The zero-order valence-corrected chi connectivity index (χ0v) is 12.8. The van der Waals surface area contributed by atoms with Gasteiger partial charge in [0.05, 0.1) is 10.6 Å². The van der Waals surface area contributed by atoms with Gasteiger partial charge in [-0.05, 0) is 12.5 Å². The molecule has 108 valence electrons. The molecule has 20 heavy (non-hydrogen) atoms. The van der Waals surface area contributed by atoms with Crippen LogP contribution in [0.1, 0.15) is 23.7 Å². The number of carboxylic acids is 1. The normalized spacial score (nSPS) is 11.8. The van der Waals surface area contributed by atoms with E-state index in [0.717, 1.165) is 0 Å². The number of hydrogen-bond acceptors (Lipinski definition) is 4. The quantitative estimate of drug-likeness (QED) is 0.297. The van der Waals surface area contributed by atoms with Crippen LogP contribution < -0.4 is 0 Å². The largest absolute Gasteiger partial charge is 0.477 e. The number of rotatable bonds is 5. The molecule has 5 nitrogen and oxygen atoms in total. The number of hydrogen-bond donors (Lipinski definition) is 1. The molecule has 0 aliphatic carbocycles. The molecule has 0 saturated heterocycles. The Balaban J connectivity index is 3.47. The van der Waals surface area contributed by atoms with E-state index in [4.69, 9.17) is 23.2 Å². The van der Waals surface area contributed by atoms with Gasteiger partial charge in [0.15, 0.2) is 0 Å². The van der Waals surface area contributed by atoms with Crippen LogP contribution in [0.4, 0.5) is 0 Å². The summed E-state index contributed by atoms with van der Waals surface area (Å²) < 4.78 is 0. The molecule has 1 aromatic heterocycles. The highest BCUT2D eigenvalue weighted by atomic mass is 35.5. The van der Waals surface area contributed by atoms with E-state index in [0.29, 0.717) is 12.1 Å². The molecule has 1 N–H and O–H groups in total. The van der Waals surface area contributed by atoms with E-state index < -0.39 is 11.8 Å². The number of carboxylic acid groups (broad SMARTS) is 1. The molecule has 0 aromatic carbocycles. The Hall–Kier alpha value is -1.59. The minimum atomic E-state index is -1.31. The number of aromatic nitrogens is 1. The maximum atomic E-state index is 12.4. The van der Waals surface area contributed by atoms with Gasteiger partial charge in [0.1, 0.15) is 10.7 Å². The number of carbonyl (C=O) groups excluding carboxylic acids is 1. The molecule has 0 unspecified atom stereocenters. The Labute approximate surface area is 126 Å². The molecule has 1 rings (SSSR count). The van der Waals surface area contributed by atoms with Crippen molar-refractivity contribution in [1.82, 2.24) is 9.88 Å². The van der Waals surface area contributed by atoms with Crippen LogP contribution in [0.15, 0.2) is 23.5 Å². The van der Waals surface area contributed by atoms with Gasteiger partial charge < -0.3 is 10.0 Å². The summed E-state index contributed by atoms with van der Waals surface area (Å²) in [4.78, 5) is 29.2. The second-order valence-electron chi connectivity index (χ2n) is 4.20. The molecule has 1 aromatic rings. The lowest BCUT2D eigenvalue weighted by molar-refractivity contribution is -0.132. The summed E-state index contributed by atoms with van der Waals surface area (Å²) in [6.07, 6.45) is 1.68. The molecule has 0 atom stereocenters. The van der Waals surface area contributed by atoms with E-state index in [1.165, 1.54) is 12.3 Å². The molecule has 0 radical (unpaired) electrons. The summed E-state index contributed by atoms with van der Waals surface area (Å²) >= 11 is 11.6. The third-order valence-electron chi connectivity index (χ3n) is 2.65. The highest BCUT2D eigenvalue weighted by molar-refractivity contribution is 6.37. The smallest absolute Gasteiger partial charge is 0.341 e. The third-order valence-corrected chi connectivity index (χ3v) is 3.16. The Kier molecular flexibility index (Phi) is 5.53. The average Bonchev–Trinajstić information content (AvgIpc) is 2.36. The molecule has 7 heteroatoms. The topological polar surface area (TPSA) is 70.5 Å². The number of allylic oxidation sites excluding steroid dienone is 1. The fraction of sp³-hybridized carbons (Fsp3) is 0.308. The minimum absolute atomic E-state index is 0.0237. The molecule has 0 bridgehead atoms. The summed E-state index contributed by atoms with van der Waals surface area (Å²) in [6, 6.07) is 1.31. The highest BCUT2D eigenvalue weighted by Crippen LogP contribution is 2.23. The molecule has 0 aliphatic heterocycles. The Morgan fingerprint density at radius 1 is 1.35 bits per heavy atom. The lowest BCUT2D eigenvalue weighted by Gasteiger charge is -2.18. The van der Waals surface area contributed by atoms with Crippen molar-refractivity contribution in [2.24, 2.45) is 0 Å². The number of nitrogens with zero attached hydrogens (tertiary/aromatic N) is 2. The highest BCUT2D eigenvalue weighted by Gasteiger charge is 2.26. The van der Waals surface area contributed by atoms with E-state index in [1.807, 2.05) is 0 Å². The first-order valence-corrected chi connectivity index (χ1v) is 6.54. The van der Waals surface area contributed by atoms with E-state index >= 15 is 0 Å². The summed E-state index contributed by atoms with van der Waals surface area (Å²) in [6.45, 7) is 1.77. The van der Waals surface area contributed by atoms with Crippen molar-refractivity contribution in [3.63, 3.8) is 0 Å². The standard InChI is InChI=1S/C13H14Cl2N2O3/c1-4-9(17(2)3)10(13(19)20)11(18)8-5-7(14)6-16-12(8)15/h5-6H,4H2,1-3H3,(H,19,20). The maximum absolute atomic E-state index is 12.4. The van der Waals surface area contributed by atoms with Gasteiger partial charge in [0.2, 0.25) is 5.78 Å². The predicted molar refractivity (Wildman–Crippen MR) is 77.2 cm³/mol. The Morgan fingerprint density at radius 3 is 2.40 bits per heavy atom. The van der Waals surface area contributed by atoms with Gasteiger partial charge in [-0.1, -0.05) is 30.1 Å². The monoisotopic (exact) mass is 316 g/mol. The van der Waals surface area contributed by atoms with Crippen LogP contribution >= 0.6 is 23.2 Å². The predicted octanol–water partition coefficient (Wildman–Crippen LogP) is 2.88. The fourth-order valence-electron chi connectivity index (χ4n) is 1.78. The molecule has 1 heterocycles. The average molecular weight is 317 g/mol. The summed E-state index contributed by atoms with van der Waals surface area (Å²) in [5.41, 5.74) is 0.0476. The molecule has 0 spiro atoms. The fourth-order valence-corrected chi connectivity index (χ4v) is 2.13. The van der Waals surface area contributed by atoms with E-state index in [-0.39, 0.29) is 21.3 Å². The number of pyridine rings is 1. The second-order valence-corrected chi connectivity index (χ2v) is 4.99. The van der Waals surface area contributed by atoms with Gasteiger partial charge in [-0.25, -0.2) is 9.78 Å². The second kappa shape index (κ2) is 6.72. The van der Waals surface area contributed by atoms with Crippen LogP contribution in [0.25, 0.3) is 0 Å². The molecular formula is C13H14Cl2N2O3. The molecule has 0 aliphatic rings. The van der Waals surface area contributed by atoms with Crippen LogP contribution in [0.3, 0.4) is 0 Å². The minimum Gasteiger partial charge on any atom is -0.477 e. The lowest BCUT2D eigenvalue weighted by Crippen LogP contribution is -2.22. The van der Waals surface area contributed by atoms with Gasteiger partial charge in [-0.2, -0.15) is 0 Å². The van der Waals surface area contributed by atoms with Crippen LogP contribution in [0.5, 0.6) is 0 Å². The first kappa shape index (κ1) is 16.5.